The zero-order valence-corrected chi connectivity index (χ0v) is 19.8. The van der Waals surface area contributed by atoms with Crippen LogP contribution in [0, 0.1) is 18.3 Å². The first kappa shape index (κ1) is 21.9. The molecule has 3 rings (SSSR count). The lowest BCUT2D eigenvalue weighted by Gasteiger charge is -2.32. The van der Waals surface area contributed by atoms with E-state index < -0.39 is 0 Å². The van der Waals surface area contributed by atoms with Crippen molar-refractivity contribution >= 4 is 41.3 Å². The minimum Gasteiger partial charge on any atom is -0.356 e. The minimum absolute atomic E-state index is 0. The van der Waals surface area contributed by atoms with Gasteiger partial charge in [-0.3, -0.25) is 9.89 Å². The number of aryl methyl sites for hydroxylation is 1. The topological polar surface area (TPSA) is 43.8 Å². The zero-order chi connectivity index (χ0) is 17.9. The molecule has 7 heteroatoms. The maximum absolute atomic E-state index is 4.59. The van der Waals surface area contributed by atoms with Gasteiger partial charge in [0.1, 0.15) is 0 Å². The first-order chi connectivity index (χ1) is 11.9. The Labute approximate surface area is 179 Å². The fourth-order valence-corrected chi connectivity index (χ4v) is 4.52. The van der Waals surface area contributed by atoms with Crippen LogP contribution in [-0.4, -0.2) is 60.5 Å². The second-order valence-corrected chi connectivity index (χ2v) is 9.40. The highest BCUT2D eigenvalue weighted by atomic mass is 127. The molecule has 0 aliphatic carbocycles. The summed E-state index contributed by atoms with van der Waals surface area (Å²) < 4.78 is 0. The summed E-state index contributed by atoms with van der Waals surface area (Å²) in [6.45, 7) is 13.4. The Bertz CT molecular complexity index is 593. The summed E-state index contributed by atoms with van der Waals surface area (Å²) in [7, 11) is 1.91. The third kappa shape index (κ3) is 6.05. The van der Waals surface area contributed by atoms with Crippen molar-refractivity contribution in [3.8, 4) is 0 Å². The van der Waals surface area contributed by atoms with E-state index in [0.717, 1.165) is 38.1 Å². The van der Waals surface area contributed by atoms with Crippen molar-refractivity contribution in [2.45, 2.75) is 46.6 Å². The molecule has 2 aliphatic rings. The van der Waals surface area contributed by atoms with E-state index in [9.17, 15) is 0 Å². The largest absolute Gasteiger partial charge is 0.356 e. The average Bonchev–Trinajstić information content (AvgIpc) is 3.15. The number of nitrogens with zero attached hydrogens (tertiary/aromatic N) is 4. The predicted octanol–water partition coefficient (Wildman–Crippen LogP) is 3.59. The number of hydrogen-bond donors (Lipinski definition) is 1. The van der Waals surface area contributed by atoms with E-state index >= 15 is 0 Å². The third-order valence-electron chi connectivity index (χ3n) is 5.50. The molecule has 0 unspecified atom stereocenters. The number of nitrogens with one attached hydrogen (secondary N) is 1. The Morgan fingerprint density at radius 2 is 2.08 bits per heavy atom. The van der Waals surface area contributed by atoms with Crippen LogP contribution in [0.1, 0.15) is 43.8 Å². The molecule has 0 atom stereocenters. The van der Waals surface area contributed by atoms with Gasteiger partial charge in [0.05, 0.1) is 10.7 Å². The number of thiazole rings is 1. The number of rotatable bonds is 4. The summed E-state index contributed by atoms with van der Waals surface area (Å²) >= 11 is 1.75. The van der Waals surface area contributed by atoms with Crippen molar-refractivity contribution in [3.63, 3.8) is 0 Å². The van der Waals surface area contributed by atoms with Gasteiger partial charge in [-0.1, -0.05) is 13.8 Å². The lowest BCUT2D eigenvalue weighted by Crippen LogP contribution is -2.44. The highest BCUT2D eigenvalue weighted by molar-refractivity contribution is 14.0. The summed E-state index contributed by atoms with van der Waals surface area (Å²) in [5, 5.41) is 7.00. The van der Waals surface area contributed by atoms with Gasteiger partial charge in [0.2, 0.25) is 0 Å². The molecule has 2 aliphatic heterocycles. The van der Waals surface area contributed by atoms with Gasteiger partial charge in [-0.25, -0.2) is 4.98 Å². The van der Waals surface area contributed by atoms with Crippen LogP contribution in [0.3, 0.4) is 0 Å². The molecule has 1 N–H and O–H groups in total. The summed E-state index contributed by atoms with van der Waals surface area (Å²) in [5.74, 6) is 1.84. The lowest BCUT2D eigenvalue weighted by molar-refractivity contribution is 0.176. The van der Waals surface area contributed by atoms with Crippen LogP contribution in [0.25, 0.3) is 0 Å². The number of halogens is 1. The van der Waals surface area contributed by atoms with Crippen molar-refractivity contribution in [2.24, 2.45) is 16.3 Å². The number of aromatic nitrogens is 1. The van der Waals surface area contributed by atoms with E-state index in [-0.39, 0.29) is 24.0 Å². The number of likely N-dealkylation sites (tertiary alicyclic amines) is 2. The van der Waals surface area contributed by atoms with E-state index in [4.69, 9.17) is 0 Å². The molecule has 148 valence electrons. The molecule has 0 amide bonds. The third-order valence-corrected chi connectivity index (χ3v) is 6.32. The molecule has 0 radical (unpaired) electrons. The second kappa shape index (κ2) is 9.68. The molecule has 0 aromatic carbocycles. The Morgan fingerprint density at radius 3 is 2.62 bits per heavy atom. The minimum atomic E-state index is 0. The number of guanidine groups is 1. The summed E-state index contributed by atoms with van der Waals surface area (Å²) in [6.07, 6.45) is 3.78. The Hall–Kier alpha value is -0.410. The Kier molecular flexibility index (Phi) is 8.15. The fourth-order valence-electron chi connectivity index (χ4n) is 3.92. The van der Waals surface area contributed by atoms with Crippen LogP contribution in [0.2, 0.25) is 0 Å². The first-order valence-corrected chi connectivity index (χ1v) is 10.4. The molecular formula is C19H34IN5S. The molecule has 2 saturated heterocycles. The highest BCUT2D eigenvalue weighted by Crippen LogP contribution is 2.28. The number of piperidine rings is 1. The molecule has 1 aromatic rings. The van der Waals surface area contributed by atoms with Gasteiger partial charge in [0.15, 0.2) is 5.96 Å². The molecule has 0 bridgehead atoms. The predicted molar refractivity (Wildman–Crippen MR) is 122 cm³/mol. The molecular weight excluding hydrogens is 457 g/mol. The summed E-state index contributed by atoms with van der Waals surface area (Å²) in [6, 6.07) is 0. The van der Waals surface area contributed by atoms with Crippen molar-refractivity contribution in [2.75, 3.05) is 39.8 Å². The van der Waals surface area contributed by atoms with Crippen LogP contribution in [0.5, 0.6) is 0 Å². The normalized spacial score (nSPS) is 21.7. The van der Waals surface area contributed by atoms with Crippen LogP contribution >= 0.6 is 35.3 Å². The Balaban J connectivity index is 0.00000243. The second-order valence-electron chi connectivity index (χ2n) is 8.34. The van der Waals surface area contributed by atoms with Crippen molar-refractivity contribution < 1.29 is 0 Å². The van der Waals surface area contributed by atoms with Crippen LogP contribution in [-0.2, 0) is 6.54 Å². The maximum atomic E-state index is 4.59. The number of hydrogen-bond acceptors (Lipinski definition) is 4. The molecule has 0 saturated carbocycles. The smallest absolute Gasteiger partial charge is 0.193 e. The van der Waals surface area contributed by atoms with Crippen molar-refractivity contribution in [1.29, 1.82) is 0 Å². The average molecular weight is 491 g/mol. The standard InChI is InChI=1S/C19H33N5S.HI/c1-15-22-17(13-25-15)12-23-8-5-16(6-9-23)11-21-18(20-4)24-10-7-19(2,3)14-24;/h13,16H,5-12,14H2,1-4H3,(H,20,21);1H. The summed E-state index contributed by atoms with van der Waals surface area (Å²) in [4.78, 5) is 14.1. The van der Waals surface area contributed by atoms with E-state index in [1.165, 1.54) is 43.1 Å². The van der Waals surface area contributed by atoms with Crippen molar-refractivity contribution in [3.05, 3.63) is 16.1 Å². The van der Waals surface area contributed by atoms with Crippen LogP contribution < -0.4 is 5.32 Å². The van der Waals surface area contributed by atoms with E-state index in [0.29, 0.717) is 5.41 Å². The van der Waals surface area contributed by atoms with Crippen LogP contribution in [0.15, 0.2) is 10.4 Å². The van der Waals surface area contributed by atoms with Gasteiger partial charge in [0, 0.05) is 38.6 Å². The molecule has 26 heavy (non-hydrogen) atoms. The molecule has 3 heterocycles. The quantitative estimate of drug-likeness (QED) is 0.397. The van der Waals surface area contributed by atoms with Crippen molar-refractivity contribution in [1.82, 2.24) is 20.1 Å². The monoisotopic (exact) mass is 491 g/mol. The highest BCUT2D eigenvalue weighted by Gasteiger charge is 2.31. The molecule has 5 nitrogen and oxygen atoms in total. The fraction of sp³-hybridized carbons (Fsp3) is 0.789. The number of aliphatic imine (C=N–C) groups is 1. The zero-order valence-electron chi connectivity index (χ0n) is 16.6. The lowest BCUT2D eigenvalue weighted by atomic mass is 9.93. The van der Waals surface area contributed by atoms with Gasteiger partial charge < -0.3 is 10.2 Å². The molecule has 0 spiro atoms. The van der Waals surface area contributed by atoms with Gasteiger partial charge in [-0.2, -0.15) is 0 Å². The first-order valence-electron chi connectivity index (χ1n) is 9.54. The van der Waals surface area contributed by atoms with Gasteiger partial charge in [-0.05, 0) is 50.6 Å². The summed E-state index contributed by atoms with van der Waals surface area (Å²) in [5.41, 5.74) is 1.65. The van der Waals surface area contributed by atoms with Gasteiger partial charge in [-0.15, -0.1) is 35.3 Å². The Morgan fingerprint density at radius 1 is 1.35 bits per heavy atom. The van der Waals surface area contributed by atoms with Crippen LogP contribution in [0.4, 0.5) is 0 Å². The van der Waals surface area contributed by atoms with Gasteiger partial charge in [0.25, 0.3) is 0 Å². The van der Waals surface area contributed by atoms with Gasteiger partial charge >= 0.3 is 0 Å². The molecule has 1 aromatic heterocycles. The maximum Gasteiger partial charge on any atom is 0.193 e. The molecule has 2 fully saturated rings. The van der Waals surface area contributed by atoms with E-state index in [1.54, 1.807) is 11.3 Å². The van der Waals surface area contributed by atoms with E-state index in [1.807, 2.05) is 7.05 Å². The SMILES string of the molecule is CN=C(NCC1CCN(Cc2csc(C)n2)CC1)N1CCC(C)(C)C1.I. The van der Waals surface area contributed by atoms with E-state index in [2.05, 4.69) is 51.2 Å².